The van der Waals surface area contributed by atoms with Crippen molar-refractivity contribution in [1.29, 1.82) is 0 Å². The number of anilines is 1. The Bertz CT molecular complexity index is 660. The quantitative estimate of drug-likeness (QED) is 0.889. The number of benzene rings is 1. The second-order valence-electron chi connectivity index (χ2n) is 5.55. The first-order chi connectivity index (χ1) is 10.8. The van der Waals surface area contributed by atoms with Gasteiger partial charge in [0.25, 0.3) is 0 Å². The number of rotatable bonds is 5. The molecule has 0 unspecified atom stereocenters. The third kappa shape index (κ3) is 3.39. The molecular formula is C17H20ClN3O. The molecule has 1 aliphatic carbocycles. The van der Waals surface area contributed by atoms with Crippen LogP contribution in [-0.4, -0.2) is 21.6 Å². The maximum Gasteiger partial charge on any atom is 0.156 e. The van der Waals surface area contributed by atoms with Gasteiger partial charge in [-0.25, -0.2) is 9.97 Å². The maximum absolute atomic E-state index is 9.33. The van der Waals surface area contributed by atoms with Crippen molar-refractivity contribution in [2.45, 2.75) is 38.7 Å². The van der Waals surface area contributed by atoms with Crippen molar-refractivity contribution in [2.24, 2.45) is 0 Å². The summed E-state index contributed by atoms with van der Waals surface area (Å²) < 4.78 is 0. The van der Waals surface area contributed by atoms with Gasteiger partial charge in [0.05, 0.1) is 0 Å². The summed E-state index contributed by atoms with van der Waals surface area (Å²) in [5.41, 5.74) is 3.43. The lowest BCUT2D eigenvalue weighted by Gasteiger charge is -2.19. The van der Waals surface area contributed by atoms with Crippen molar-refractivity contribution in [1.82, 2.24) is 9.97 Å². The smallest absolute Gasteiger partial charge is 0.156 e. The van der Waals surface area contributed by atoms with E-state index in [0.29, 0.717) is 5.82 Å². The Morgan fingerprint density at radius 1 is 1.14 bits per heavy atom. The zero-order valence-electron chi connectivity index (χ0n) is 12.5. The van der Waals surface area contributed by atoms with Crippen molar-refractivity contribution in [3.8, 4) is 0 Å². The highest BCUT2D eigenvalue weighted by atomic mass is 35.5. The van der Waals surface area contributed by atoms with E-state index < -0.39 is 0 Å². The highest BCUT2D eigenvalue weighted by molar-refractivity contribution is 6.31. The Balaban J connectivity index is 1.73. The molecule has 1 heterocycles. The normalized spacial score (nSPS) is 13.7. The molecule has 3 rings (SSSR count). The fourth-order valence-corrected chi connectivity index (χ4v) is 3.11. The standard InChI is InChI=1S/C17H20ClN3O/c18-14-7-3-1-5-12(14)9-10-19-17-13-6-2-4-8-15(13)20-16(11-22)21-17/h1,3,5,7,22H,2,4,6,8-11H2,(H,19,20,21). The van der Waals surface area contributed by atoms with Gasteiger partial charge in [0.2, 0.25) is 0 Å². The number of nitrogens with one attached hydrogen (secondary N) is 1. The van der Waals surface area contributed by atoms with Gasteiger partial charge >= 0.3 is 0 Å². The lowest BCUT2D eigenvalue weighted by Crippen LogP contribution is -2.16. The van der Waals surface area contributed by atoms with Crippen molar-refractivity contribution in [3.63, 3.8) is 0 Å². The number of halogens is 1. The predicted molar refractivity (Wildman–Crippen MR) is 88.2 cm³/mol. The third-order valence-electron chi connectivity index (χ3n) is 4.02. The van der Waals surface area contributed by atoms with Crippen LogP contribution in [-0.2, 0) is 25.9 Å². The number of aryl methyl sites for hydroxylation is 1. The summed E-state index contributed by atoms with van der Waals surface area (Å²) >= 11 is 6.18. The molecule has 0 saturated heterocycles. The zero-order chi connectivity index (χ0) is 15.4. The monoisotopic (exact) mass is 317 g/mol. The molecule has 2 aromatic rings. The topological polar surface area (TPSA) is 58.0 Å². The Labute approximate surface area is 135 Å². The zero-order valence-corrected chi connectivity index (χ0v) is 13.2. The van der Waals surface area contributed by atoms with Crippen LogP contribution in [0, 0.1) is 0 Å². The average Bonchev–Trinajstić information content (AvgIpc) is 2.56. The molecule has 0 aliphatic heterocycles. The first-order valence-corrected chi connectivity index (χ1v) is 8.12. The van der Waals surface area contributed by atoms with Crippen LogP contribution in [0.4, 0.5) is 5.82 Å². The molecule has 0 radical (unpaired) electrons. The van der Waals surface area contributed by atoms with E-state index in [-0.39, 0.29) is 6.61 Å². The summed E-state index contributed by atoms with van der Waals surface area (Å²) in [7, 11) is 0. The van der Waals surface area contributed by atoms with E-state index >= 15 is 0 Å². The van der Waals surface area contributed by atoms with Crippen molar-refractivity contribution < 1.29 is 5.11 Å². The van der Waals surface area contributed by atoms with Gasteiger partial charge in [-0.1, -0.05) is 29.8 Å². The van der Waals surface area contributed by atoms with Crippen LogP contribution in [0.15, 0.2) is 24.3 Å². The lowest BCUT2D eigenvalue weighted by molar-refractivity contribution is 0.270. The number of aromatic nitrogens is 2. The number of nitrogens with zero attached hydrogens (tertiary/aromatic N) is 2. The minimum Gasteiger partial charge on any atom is -0.388 e. The van der Waals surface area contributed by atoms with Gasteiger partial charge in [0.15, 0.2) is 5.82 Å². The molecule has 0 amide bonds. The van der Waals surface area contributed by atoms with Crippen molar-refractivity contribution in [3.05, 3.63) is 51.9 Å². The highest BCUT2D eigenvalue weighted by Gasteiger charge is 2.17. The highest BCUT2D eigenvalue weighted by Crippen LogP contribution is 2.25. The molecule has 116 valence electrons. The molecule has 0 fully saturated rings. The van der Waals surface area contributed by atoms with E-state index in [0.717, 1.165) is 54.3 Å². The van der Waals surface area contributed by atoms with E-state index in [1.54, 1.807) is 0 Å². The fraction of sp³-hybridized carbons (Fsp3) is 0.412. The Hall–Kier alpha value is -1.65. The number of hydrogen-bond donors (Lipinski definition) is 2. The lowest BCUT2D eigenvalue weighted by atomic mass is 9.96. The van der Waals surface area contributed by atoms with Crippen molar-refractivity contribution in [2.75, 3.05) is 11.9 Å². The number of aliphatic hydroxyl groups is 1. The molecule has 0 saturated carbocycles. The fourth-order valence-electron chi connectivity index (χ4n) is 2.88. The molecule has 22 heavy (non-hydrogen) atoms. The van der Waals surface area contributed by atoms with Gasteiger partial charge in [0.1, 0.15) is 12.4 Å². The first-order valence-electron chi connectivity index (χ1n) is 7.74. The van der Waals surface area contributed by atoms with Gasteiger partial charge in [-0.3, -0.25) is 0 Å². The van der Waals surface area contributed by atoms with E-state index in [4.69, 9.17) is 11.6 Å². The van der Waals surface area contributed by atoms with Crippen LogP contribution >= 0.6 is 11.6 Å². The van der Waals surface area contributed by atoms with E-state index in [2.05, 4.69) is 15.3 Å². The van der Waals surface area contributed by atoms with Gasteiger partial charge in [-0.05, 0) is 43.7 Å². The molecule has 1 aromatic carbocycles. The van der Waals surface area contributed by atoms with Crippen LogP contribution in [0.1, 0.15) is 35.5 Å². The molecule has 2 N–H and O–H groups in total. The summed E-state index contributed by atoms with van der Waals surface area (Å²) in [5, 5.41) is 13.5. The number of aliphatic hydroxyl groups excluding tert-OH is 1. The molecule has 0 atom stereocenters. The second kappa shape index (κ2) is 7.07. The van der Waals surface area contributed by atoms with Gasteiger partial charge in [-0.2, -0.15) is 0 Å². The summed E-state index contributed by atoms with van der Waals surface area (Å²) in [6, 6.07) is 7.89. The summed E-state index contributed by atoms with van der Waals surface area (Å²) in [6.07, 6.45) is 5.16. The molecule has 1 aromatic heterocycles. The summed E-state index contributed by atoms with van der Waals surface area (Å²) in [4.78, 5) is 8.90. The molecule has 0 spiro atoms. The molecule has 5 heteroatoms. The Morgan fingerprint density at radius 2 is 1.95 bits per heavy atom. The van der Waals surface area contributed by atoms with E-state index in [9.17, 15) is 5.11 Å². The number of hydrogen-bond acceptors (Lipinski definition) is 4. The first kappa shape index (κ1) is 15.3. The van der Waals surface area contributed by atoms with Gasteiger partial charge in [0, 0.05) is 22.8 Å². The third-order valence-corrected chi connectivity index (χ3v) is 4.38. The SMILES string of the molecule is OCc1nc2c(c(NCCc3ccccc3Cl)n1)CCCC2. The van der Waals surface area contributed by atoms with Gasteiger partial charge < -0.3 is 10.4 Å². The van der Waals surface area contributed by atoms with E-state index in [1.165, 1.54) is 12.0 Å². The maximum atomic E-state index is 9.33. The minimum atomic E-state index is -0.119. The van der Waals surface area contributed by atoms with Crippen LogP contribution in [0.25, 0.3) is 0 Å². The minimum absolute atomic E-state index is 0.119. The number of fused-ring (bicyclic) bond motifs is 1. The average molecular weight is 318 g/mol. The summed E-state index contributed by atoms with van der Waals surface area (Å²) in [6.45, 7) is 0.643. The van der Waals surface area contributed by atoms with Crippen LogP contribution in [0.2, 0.25) is 5.02 Å². The predicted octanol–water partition coefficient (Wildman–Crippen LogP) is 3.16. The molecular weight excluding hydrogens is 298 g/mol. The molecule has 4 nitrogen and oxygen atoms in total. The molecule has 0 bridgehead atoms. The van der Waals surface area contributed by atoms with Crippen LogP contribution < -0.4 is 5.32 Å². The van der Waals surface area contributed by atoms with Gasteiger partial charge in [-0.15, -0.1) is 0 Å². The second-order valence-corrected chi connectivity index (χ2v) is 5.95. The van der Waals surface area contributed by atoms with Crippen LogP contribution in [0.5, 0.6) is 0 Å². The van der Waals surface area contributed by atoms with E-state index in [1.807, 2.05) is 24.3 Å². The van der Waals surface area contributed by atoms with Crippen LogP contribution in [0.3, 0.4) is 0 Å². The Kier molecular flexibility index (Phi) is 4.90. The Morgan fingerprint density at radius 3 is 2.77 bits per heavy atom. The summed E-state index contributed by atoms with van der Waals surface area (Å²) in [5.74, 6) is 1.38. The van der Waals surface area contributed by atoms with Crippen molar-refractivity contribution >= 4 is 17.4 Å². The largest absolute Gasteiger partial charge is 0.388 e. The molecule has 1 aliphatic rings.